The quantitative estimate of drug-likeness (QED) is 0.309. The van der Waals surface area contributed by atoms with Crippen LogP contribution in [0.5, 0.6) is 0 Å². The Bertz CT molecular complexity index is 1000. The summed E-state index contributed by atoms with van der Waals surface area (Å²) in [5.41, 5.74) is 2.43. The molecule has 7 heteroatoms. The van der Waals surface area contributed by atoms with Crippen LogP contribution in [0.3, 0.4) is 0 Å². The Balaban J connectivity index is 1.94. The van der Waals surface area contributed by atoms with Gasteiger partial charge in [0.1, 0.15) is 6.07 Å². The Morgan fingerprint density at radius 3 is 2.83 bits per heavy atom. The molecular formula is C17H12N4O2S. The van der Waals surface area contributed by atoms with E-state index in [1.165, 1.54) is 23.9 Å². The molecule has 3 rings (SSSR count). The third-order valence-electron chi connectivity index (χ3n) is 3.44. The van der Waals surface area contributed by atoms with Crippen LogP contribution in [-0.2, 0) is 7.05 Å². The number of nitriles is 1. The molecule has 0 fully saturated rings. The highest BCUT2D eigenvalue weighted by Crippen LogP contribution is 2.30. The van der Waals surface area contributed by atoms with E-state index in [1.807, 2.05) is 35.9 Å². The molecule has 3 aromatic rings. The monoisotopic (exact) mass is 336 g/mol. The lowest BCUT2D eigenvalue weighted by Gasteiger charge is -2.01. The minimum Gasteiger partial charge on any atom is -0.322 e. The number of fused-ring (bicyclic) bond motifs is 1. The van der Waals surface area contributed by atoms with Gasteiger partial charge in [0.2, 0.25) is 0 Å². The van der Waals surface area contributed by atoms with Crippen LogP contribution in [0.15, 0.2) is 58.6 Å². The molecule has 0 atom stereocenters. The average molecular weight is 336 g/mol. The number of thioether (sulfide) groups is 1. The van der Waals surface area contributed by atoms with Crippen molar-refractivity contribution in [3.63, 3.8) is 0 Å². The number of hydrogen-bond donors (Lipinski definition) is 0. The lowest BCUT2D eigenvalue weighted by molar-refractivity contribution is -0.384. The molecule has 1 aromatic heterocycles. The van der Waals surface area contributed by atoms with Crippen LogP contribution in [0.25, 0.3) is 17.1 Å². The number of imidazole rings is 1. The van der Waals surface area contributed by atoms with Crippen LogP contribution in [0, 0.1) is 21.4 Å². The third-order valence-corrected chi connectivity index (χ3v) is 4.41. The second-order valence-electron chi connectivity index (χ2n) is 5.02. The van der Waals surface area contributed by atoms with Crippen molar-refractivity contribution in [1.29, 1.82) is 5.26 Å². The fraction of sp³-hybridized carbons (Fsp3) is 0.0588. The van der Waals surface area contributed by atoms with Crippen LogP contribution >= 0.6 is 11.8 Å². The fourth-order valence-electron chi connectivity index (χ4n) is 2.28. The molecule has 0 N–H and O–H groups in total. The normalized spacial score (nSPS) is 11.4. The number of aryl methyl sites for hydroxylation is 1. The Morgan fingerprint density at radius 2 is 2.12 bits per heavy atom. The van der Waals surface area contributed by atoms with E-state index in [1.54, 1.807) is 18.2 Å². The number of nitro groups is 1. The Morgan fingerprint density at radius 1 is 1.33 bits per heavy atom. The van der Waals surface area contributed by atoms with Crippen molar-refractivity contribution in [3.05, 3.63) is 69.1 Å². The molecule has 1 heterocycles. The highest BCUT2D eigenvalue weighted by molar-refractivity contribution is 8.03. The standard InChI is InChI=1S/C17H12N4O2S/c1-20-16-8-3-2-7-15(16)19-17(20)24-14(11-18)10-12-5-4-6-13(9-12)21(22)23/h2-10H,1H3. The Hall–Kier alpha value is -3.11. The van der Waals surface area contributed by atoms with E-state index in [-0.39, 0.29) is 5.69 Å². The summed E-state index contributed by atoms with van der Waals surface area (Å²) in [7, 11) is 1.89. The zero-order valence-electron chi connectivity index (χ0n) is 12.7. The van der Waals surface area contributed by atoms with Gasteiger partial charge in [-0.2, -0.15) is 5.26 Å². The molecule has 0 aliphatic carbocycles. The SMILES string of the molecule is Cn1c(SC(C#N)=Cc2cccc([N+](=O)[O-])c2)nc2ccccc21. The van der Waals surface area contributed by atoms with Crippen LogP contribution < -0.4 is 0 Å². The molecular weight excluding hydrogens is 324 g/mol. The molecule has 0 bridgehead atoms. The third kappa shape index (κ3) is 3.14. The Labute approximate surface area is 142 Å². The van der Waals surface area contributed by atoms with Crippen molar-refractivity contribution in [2.75, 3.05) is 0 Å². The van der Waals surface area contributed by atoms with E-state index in [4.69, 9.17) is 0 Å². The first kappa shape index (κ1) is 15.8. The van der Waals surface area contributed by atoms with Crippen molar-refractivity contribution in [3.8, 4) is 6.07 Å². The van der Waals surface area contributed by atoms with E-state index >= 15 is 0 Å². The first-order valence-corrected chi connectivity index (χ1v) is 7.85. The molecule has 0 radical (unpaired) electrons. The summed E-state index contributed by atoms with van der Waals surface area (Å²) in [5.74, 6) is 0. The van der Waals surface area contributed by atoms with Crippen molar-refractivity contribution >= 4 is 34.6 Å². The number of hydrogen-bond acceptors (Lipinski definition) is 5. The largest absolute Gasteiger partial charge is 0.322 e. The lowest BCUT2D eigenvalue weighted by Crippen LogP contribution is -1.91. The molecule has 0 saturated carbocycles. The summed E-state index contributed by atoms with van der Waals surface area (Å²) in [6.45, 7) is 0. The van der Waals surface area contributed by atoms with E-state index in [0.29, 0.717) is 15.6 Å². The molecule has 0 unspecified atom stereocenters. The summed E-state index contributed by atoms with van der Waals surface area (Å²) in [5, 5.41) is 20.9. The van der Waals surface area contributed by atoms with Gasteiger partial charge in [-0.1, -0.05) is 24.3 Å². The molecule has 0 saturated heterocycles. The number of rotatable bonds is 4. The minimum atomic E-state index is -0.456. The topological polar surface area (TPSA) is 84.8 Å². The highest BCUT2D eigenvalue weighted by atomic mass is 32.2. The van der Waals surface area contributed by atoms with Crippen molar-refractivity contribution in [1.82, 2.24) is 9.55 Å². The number of benzene rings is 2. The van der Waals surface area contributed by atoms with Gasteiger partial charge in [0.25, 0.3) is 5.69 Å². The first-order chi connectivity index (χ1) is 11.6. The first-order valence-electron chi connectivity index (χ1n) is 7.04. The van der Waals surface area contributed by atoms with Crippen molar-refractivity contribution in [2.45, 2.75) is 5.16 Å². The smallest absolute Gasteiger partial charge is 0.270 e. The second kappa shape index (κ2) is 6.56. The van der Waals surface area contributed by atoms with Gasteiger partial charge < -0.3 is 4.57 Å². The van der Waals surface area contributed by atoms with Gasteiger partial charge in [-0.15, -0.1) is 0 Å². The molecule has 24 heavy (non-hydrogen) atoms. The van der Waals surface area contributed by atoms with Gasteiger partial charge in [-0.05, 0) is 35.5 Å². The minimum absolute atomic E-state index is 0.00577. The highest BCUT2D eigenvalue weighted by Gasteiger charge is 2.11. The average Bonchev–Trinajstić information content (AvgIpc) is 2.91. The summed E-state index contributed by atoms with van der Waals surface area (Å²) >= 11 is 1.23. The van der Waals surface area contributed by atoms with Crippen molar-refractivity contribution in [2.24, 2.45) is 7.05 Å². The van der Waals surface area contributed by atoms with E-state index in [9.17, 15) is 15.4 Å². The maximum atomic E-state index is 10.8. The molecule has 0 aliphatic heterocycles. The zero-order chi connectivity index (χ0) is 17.1. The van der Waals surface area contributed by atoms with Gasteiger partial charge in [-0.3, -0.25) is 10.1 Å². The second-order valence-corrected chi connectivity index (χ2v) is 6.03. The van der Waals surface area contributed by atoms with E-state index in [0.717, 1.165) is 11.0 Å². The summed E-state index contributed by atoms with van der Waals surface area (Å²) in [6.07, 6.45) is 1.62. The number of nitrogens with zero attached hydrogens (tertiary/aromatic N) is 4. The molecule has 0 amide bonds. The van der Waals surface area contributed by atoms with E-state index in [2.05, 4.69) is 11.1 Å². The predicted molar refractivity (Wildman–Crippen MR) is 93.3 cm³/mol. The van der Waals surface area contributed by atoms with Crippen LogP contribution in [0.1, 0.15) is 5.56 Å². The zero-order valence-corrected chi connectivity index (χ0v) is 13.5. The predicted octanol–water partition coefficient (Wildman–Crippen LogP) is 4.14. The number of non-ortho nitro benzene ring substituents is 1. The molecule has 118 valence electrons. The summed E-state index contributed by atoms with van der Waals surface area (Å²) in [4.78, 5) is 15.3. The van der Waals surface area contributed by atoms with Crippen molar-refractivity contribution < 1.29 is 4.92 Å². The molecule has 2 aromatic carbocycles. The number of aromatic nitrogens is 2. The van der Waals surface area contributed by atoms with Gasteiger partial charge in [0.05, 0.1) is 20.9 Å². The maximum absolute atomic E-state index is 10.8. The lowest BCUT2D eigenvalue weighted by atomic mass is 10.2. The number of allylic oxidation sites excluding steroid dienone is 1. The van der Waals surface area contributed by atoms with Crippen LogP contribution in [-0.4, -0.2) is 14.5 Å². The van der Waals surface area contributed by atoms with Gasteiger partial charge in [0, 0.05) is 19.2 Å². The summed E-state index contributed by atoms with van der Waals surface area (Å²) < 4.78 is 1.92. The summed E-state index contributed by atoms with van der Waals surface area (Å²) in [6, 6.07) is 16.0. The fourth-order valence-corrected chi connectivity index (χ4v) is 3.09. The van der Waals surface area contributed by atoms with Crippen LogP contribution in [0.2, 0.25) is 0 Å². The number of nitro benzene ring substituents is 1. The van der Waals surface area contributed by atoms with E-state index < -0.39 is 4.92 Å². The maximum Gasteiger partial charge on any atom is 0.270 e. The van der Waals surface area contributed by atoms with Crippen LogP contribution in [0.4, 0.5) is 5.69 Å². The Kier molecular flexibility index (Phi) is 4.31. The van der Waals surface area contributed by atoms with Gasteiger partial charge in [-0.25, -0.2) is 4.98 Å². The number of para-hydroxylation sites is 2. The molecule has 6 nitrogen and oxygen atoms in total. The van der Waals surface area contributed by atoms with Gasteiger partial charge >= 0.3 is 0 Å². The van der Waals surface area contributed by atoms with Gasteiger partial charge in [0.15, 0.2) is 5.16 Å². The molecule has 0 spiro atoms. The molecule has 0 aliphatic rings.